The molecule has 35 heavy (non-hydrogen) atoms. The molecule has 6 nitrogen and oxygen atoms in total. The van der Waals surface area contributed by atoms with Gasteiger partial charge in [-0.05, 0) is 67.8 Å². The second-order valence-corrected chi connectivity index (χ2v) is 8.40. The largest absolute Gasteiger partial charge is 0.486 e. The molecule has 6 heteroatoms. The maximum atomic E-state index is 12.4. The number of benzene rings is 3. The number of oxazole rings is 1. The highest BCUT2D eigenvalue weighted by Crippen LogP contribution is 2.37. The Kier molecular flexibility index (Phi) is 6.19. The normalized spacial score (nSPS) is 12.5. The molecule has 0 amide bonds. The van der Waals surface area contributed by atoms with Gasteiger partial charge in [-0.15, -0.1) is 0 Å². The second kappa shape index (κ2) is 9.58. The van der Waals surface area contributed by atoms with Gasteiger partial charge in [-0.2, -0.15) is 0 Å². The highest BCUT2D eigenvalue weighted by atomic mass is 16.5. The van der Waals surface area contributed by atoms with E-state index in [1.807, 2.05) is 61.5 Å². The summed E-state index contributed by atoms with van der Waals surface area (Å²) in [6.45, 7) is 4.16. The minimum absolute atomic E-state index is 0.123. The monoisotopic (exact) mass is 467 g/mol. The van der Waals surface area contributed by atoms with Crippen molar-refractivity contribution in [2.24, 2.45) is 0 Å². The van der Waals surface area contributed by atoms with Crippen molar-refractivity contribution >= 4 is 11.8 Å². The molecule has 0 N–H and O–H groups in total. The molecular weight excluding hydrogens is 442 g/mol. The van der Waals surface area contributed by atoms with Crippen molar-refractivity contribution in [2.45, 2.75) is 33.3 Å². The first-order chi connectivity index (χ1) is 17.0. The summed E-state index contributed by atoms with van der Waals surface area (Å²) >= 11 is 0. The predicted octanol–water partition coefficient (Wildman–Crippen LogP) is 6.20. The molecule has 0 saturated carbocycles. The molecular formula is C29H25NO5. The van der Waals surface area contributed by atoms with Gasteiger partial charge in [0, 0.05) is 23.1 Å². The number of hydrogen-bond acceptors (Lipinski definition) is 6. The zero-order chi connectivity index (χ0) is 24.4. The molecule has 0 atom stereocenters. The number of carbonyl (C=O) groups is 2. The van der Waals surface area contributed by atoms with E-state index < -0.39 is 0 Å². The number of ether oxygens (including phenoxy) is 2. The van der Waals surface area contributed by atoms with Gasteiger partial charge in [0.1, 0.15) is 23.8 Å². The number of Topliss-reactive ketones (excluding diaryl/α,β-unsaturated/α-hetero) is 1. The third-order valence-corrected chi connectivity index (χ3v) is 6.11. The number of hydrogen-bond donors (Lipinski definition) is 0. The van der Waals surface area contributed by atoms with E-state index >= 15 is 0 Å². The summed E-state index contributed by atoms with van der Waals surface area (Å²) in [5.41, 5.74) is 5.53. The van der Waals surface area contributed by atoms with Gasteiger partial charge in [0.2, 0.25) is 5.89 Å². The summed E-state index contributed by atoms with van der Waals surface area (Å²) in [7, 11) is 0. The Bertz CT molecular complexity index is 1390. The maximum Gasteiger partial charge on any atom is 0.338 e. The van der Waals surface area contributed by atoms with Crippen LogP contribution in [0.4, 0.5) is 0 Å². The minimum atomic E-state index is -0.356. The molecule has 0 aliphatic heterocycles. The number of aryl methyl sites for hydroxylation is 2. The van der Waals surface area contributed by atoms with Crippen molar-refractivity contribution in [2.75, 3.05) is 6.61 Å². The molecule has 0 spiro atoms. The molecule has 1 heterocycles. The standard InChI is InChI=1S/C29H25NO5/c1-3-33-29(32)21-11-9-19(10-12-21)24-15-22-13-14-26(31)23(22)16-27(24)34-17-25-18(2)35-28(30-25)20-7-5-4-6-8-20/h4-12,15-16H,3,13-14,17H2,1-2H3. The first-order valence-electron chi connectivity index (χ1n) is 11.7. The summed E-state index contributed by atoms with van der Waals surface area (Å²) in [5, 5.41) is 0. The Morgan fingerprint density at radius 3 is 2.49 bits per heavy atom. The van der Waals surface area contributed by atoms with Crippen LogP contribution in [-0.4, -0.2) is 23.3 Å². The van der Waals surface area contributed by atoms with Crippen molar-refractivity contribution in [1.82, 2.24) is 4.98 Å². The van der Waals surface area contributed by atoms with Crippen LogP contribution in [0.25, 0.3) is 22.6 Å². The van der Waals surface area contributed by atoms with E-state index in [1.54, 1.807) is 19.1 Å². The summed E-state index contributed by atoms with van der Waals surface area (Å²) in [5.74, 6) is 1.58. The number of esters is 1. The van der Waals surface area contributed by atoms with Gasteiger partial charge >= 0.3 is 5.97 Å². The molecule has 0 saturated heterocycles. The lowest BCUT2D eigenvalue weighted by Gasteiger charge is -2.14. The van der Waals surface area contributed by atoms with E-state index in [-0.39, 0.29) is 18.4 Å². The number of fused-ring (bicyclic) bond motifs is 1. The van der Waals surface area contributed by atoms with Crippen LogP contribution in [0.2, 0.25) is 0 Å². The van der Waals surface area contributed by atoms with Crippen molar-refractivity contribution in [3.8, 4) is 28.3 Å². The van der Waals surface area contributed by atoms with Crippen LogP contribution in [0.5, 0.6) is 5.75 Å². The Hall–Kier alpha value is -4.19. The molecule has 0 fully saturated rings. The third-order valence-electron chi connectivity index (χ3n) is 6.11. The first-order valence-corrected chi connectivity index (χ1v) is 11.7. The number of nitrogens with zero attached hydrogens (tertiary/aromatic N) is 1. The Balaban J connectivity index is 1.45. The van der Waals surface area contributed by atoms with Crippen LogP contribution in [0.3, 0.4) is 0 Å². The van der Waals surface area contributed by atoms with Crippen LogP contribution in [0.1, 0.15) is 51.1 Å². The Morgan fingerprint density at radius 2 is 1.74 bits per heavy atom. The van der Waals surface area contributed by atoms with Gasteiger partial charge in [0.15, 0.2) is 5.78 Å². The third kappa shape index (κ3) is 4.60. The molecule has 1 aliphatic rings. The van der Waals surface area contributed by atoms with E-state index in [4.69, 9.17) is 13.9 Å². The molecule has 176 valence electrons. The quantitative estimate of drug-likeness (QED) is 0.301. The predicted molar refractivity (Wildman–Crippen MR) is 131 cm³/mol. The smallest absolute Gasteiger partial charge is 0.338 e. The average molecular weight is 468 g/mol. The second-order valence-electron chi connectivity index (χ2n) is 8.40. The zero-order valence-corrected chi connectivity index (χ0v) is 19.7. The lowest BCUT2D eigenvalue weighted by Crippen LogP contribution is -2.04. The molecule has 0 radical (unpaired) electrons. The van der Waals surface area contributed by atoms with Gasteiger partial charge in [-0.25, -0.2) is 9.78 Å². The SMILES string of the molecule is CCOC(=O)c1ccc(-c2cc3c(cc2OCc2nc(-c4ccccc4)oc2C)C(=O)CC3)cc1. The van der Waals surface area contributed by atoms with Crippen LogP contribution < -0.4 is 4.74 Å². The molecule has 3 aromatic carbocycles. The van der Waals surface area contributed by atoms with Gasteiger partial charge in [-0.1, -0.05) is 30.3 Å². The van der Waals surface area contributed by atoms with Crippen LogP contribution in [0.15, 0.2) is 71.1 Å². The summed E-state index contributed by atoms with van der Waals surface area (Å²) < 4.78 is 17.2. The molecule has 1 aromatic heterocycles. The molecule has 0 unspecified atom stereocenters. The number of aromatic nitrogens is 1. The molecule has 4 aromatic rings. The van der Waals surface area contributed by atoms with Crippen LogP contribution in [-0.2, 0) is 17.8 Å². The number of carbonyl (C=O) groups excluding carboxylic acids is 2. The van der Waals surface area contributed by atoms with E-state index in [2.05, 4.69) is 4.98 Å². The molecule has 1 aliphatic carbocycles. The summed E-state index contributed by atoms with van der Waals surface area (Å²) in [6, 6.07) is 20.8. The fourth-order valence-corrected chi connectivity index (χ4v) is 4.23. The number of ketones is 1. The van der Waals surface area contributed by atoms with Gasteiger partial charge in [0.25, 0.3) is 0 Å². The number of rotatable bonds is 7. The Labute approximate surface area is 203 Å². The lowest BCUT2D eigenvalue weighted by molar-refractivity contribution is 0.0526. The van der Waals surface area contributed by atoms with Crippen molar-refractivity contribution in [1.29, 1.82) is 0 Å². The van der Waals surface area contributed by atoms with Gasteiger partial charge in [0.05, 0.1) is 12.2 Å². The average Bonchev–Trinajstić information content (AvgIpc) is 3.44. The van der Waals surface area contributed by atoms with Gasteiger partial charge < -0.3 is 13.9 Å². The van der Waals surface area contributed by atoms with Crippen molar-refractivity contribution < 1.29 is 23.5 Å². The van der Waals surface area contributed by atoms with Gasteiger partial charge in [-0.3, -0.25) is 4.79 Å². The van der Waals surface area contributed by atoms with Crippen molar-refractivity contribution in [3.63, 3.8) is 0 Å². The zero-order valence-electron chi connectivity index (χ0n) is 19.7. The fraction of sp³-hybridized carbons (Fsp3) is 0.207. The van der Waals surface area contributed by atoms with E-state index in [0.717, 1.165) is 22.3 Å². The van der Waals surface area contributed by atoms with Crippen molar-refractivity contribution in [3.05, 3.63) is 94.9 Å². The molecule has 0 bridgehead atoms. The highest BCUT2D eigenvalue weighted by Gasteiger charge is 2.23. The van der Waals surface area contributed by atoms with E-state index in [1.165, 1.54) is 0 Å². The summed E-state index contributed by atoms with van der Waals surface area (Å²) in [4.78, 5) is 29.1. The minimum Gasteiger partial charge on any atom is -0.486 e. The maximum absolute atomic E-state index is 12.4. The molecule has 5 rings (SSSR count). The van der Waals surface area contributed by atoms with Crippen LogP contribution in [0, 0.1) is 6.92 Å². The lowest BCUT2D eigenvalue weighted by atomic mass is 9.98. The van der Waals surface area contributed by atoms with E-state index in [9.17, 15) is 9.59 Å². The Morgan fingerprint density at radius 1 is 0.971 bits per heavy atom. The topological polar surface area (TPSA) is 78.6 Å². The highest BCUT2D eigenvalue weighted by molar-refractivity contribution is 6.01. The fourth-order valence-electron chi connectivity index (χ4n) is 4.23. The first kappa shape index (κ1) is 22.6. The van der Waals surface area contributed by atoms with Crippen LogP contribution >= 0.6 is 0 Å². The summed E-state index contributed by atoms with van der Waals surface area (Å²) in [6.07, 6.45) is 1.22. The van der Waals surface area contributed by atoms with E-state index in [0.29, 0.717) is 53.7 Å².